The number of hydrogen-bond acceptors (Lipinski definition) is 3. The van der Waals surface area contributed by atoms with Crippen molar-refractivity contribution in [2.75, 3.05) is 7.11 Å². The van der Waals surface area contributed by atoms with Gasteiger partial charge < -0.3 is 4.74 Å². The molecule has 0 aliphatic heterocycles. The highest BCUT2D eigenvalue weighted by molar-refractivity contribution is 7.85. The van der Waals surface area contributed by atoms with Gasteiger partial charge in [0, 0.05) is 4.90 Å². The average Bonchev–Trinajstić information content (AvgIpc) is 2.46. The molecule has 1 unspecified atom stereocenters. The fourth-order valence-corrected chi connectivity index (χ4v) is 2.82. The molecule has 0 N–H and O–H groups in total. The van der Waals surface area contributed by atoms with Crippen LogP contribution in [-0.2, 0) is 10.8 Å². The minimum absolute atomic E-state index is 0.163. The van der Waals surface area contributed by atoms with Gasteiger partial charge in [-0.3, -0.25) is 0 Å². The third-order valence-electron chi connectivity index (χ3n) is 2.54. The molecule has 0 aliphatic rings. The number of benzene rings is 2. The number of nitriles is 1. The number of methoxy groups -OCH3 is 1. The summed E-state index contributed by atoms with van der Waals surface area (Å²) in [6.07, 6.45) is 0. The molecule has 0 saturated carbocycles. The molecular weight excluding hydrogens is 265 g/mol. The summed E-state index contributed by atoms with van der Waals surface area (Å²) in [5.74, 6) is -0.114. The van der Waals surface area contributed by atoms with Crippen molar-refractivity contribution in [3.63, 3.8) is 0 Å². The Labute approximate surface area is 112 Å². The minimum Gasteiger partial charge on any atom is -0.497 e. The van der Waals surface area contributed by atoms with E-state index in [0.29, 0.717) is 10.6 Å². The van der Waals surface area contributed by atoms with Gasteiger partial charge in [0.25, 0.3) is 0 Å². The zero-order chi connectivity index (χ0) is 13.8. The molecule has 0 radical (unpaired) electrons. The standard InChI is InChI=1S/C14H10FNO2S/c1-18-10-4-2-5-11(8-10)19(17)14-7-3-6-13(15)12(14)9-16/h2-8H,1H3. The fourth-order valence-electron chi connectivity index (χ4n) is 1.61. The van der Waals surface area contributed by atoms with Crippen LogP contribution in [-0.4, -0.2) is 11.3 Å². The van der Waals surface area contributed by atoms with Crippen LogP contribution in [0.3, 0.4) is 0 Å². The predicted octanol–water partition coefficient (Wildman–Crippen LogP) is 2.87. The van der Waals surface area contributed by atoms with Crippen molar-refractivity contribution in [1.29, 1.82) is 5.26 Å². The second-order valence-electron chi connectivity index (χ2n) is 3.67. The van der Waals surface area contributed by atoms with Crippen LogP contribution in [0.5, 0.6) is 5.75 Å². The highest BCUT2D eigenvalue weighted by Crippen LogP contribution is 2.24. The van der Waals surface area contributed by atoms with E-state index in [9.17, 15) is 8.60 Å². The van der Waals surface area contributed by atoms with E-state index < -0.39 is 16.6 Å². The van der Waals surface area contributed by atoms with Crippen molar-refractivity contribution in [2.24, 2.45) is 0 Å². The summed E-state index contributed by atoms with van der Waals surface area (Å²) in [7, 11) is -0.118. The van der Waals surface area contributed by atoms with Gasteiger partial charge in [0.05, 0.1) is 22.8 Å². The van der Waals surface area contributed by atoms with Crippen molar-refractivity contribution >= 4 is 10.8 Å². The quantitative estimate of drug-likeness (QED) is 0.865. The molecule has 0 amide bonds. The minimum atomic E-state index is -1.62. The first-order valence-electron chi connectivity index (χ1n) is 5.42. The Bertz CT molecular complexity index is 679. The molecular formula is C14H10FNO2S. The third kappa shape index (κ3) is 2.64. The van der Waals surface area contributed by atoms with Crippen LogP contribution in [0.2, 0.25) is 0 Å². The Morgan fingerprint density at radius 1 is 1.26 bits per heavy atom. The Kier molecular flexibility index (Phi) is 3.93. The van der Waals surface area contributed by atoms with Crippen molar-refractivity contribution in [2.45, 2.75) is 9.79 Å². The molecule has 0 aliphatic carbocycles. The molecule has 5 heteroatoms. The van der Waals surface area contributed by atoms with Crippen LogP contribution in [0.15, 0.2) is 52.3 Å². The van der Waals surface area contributed by atoms with Crippen LogP contribution in [0, 0.1) is 17.1 Å². The fraction of sp³-hybridized carbons (Fsp3) is 0.0714. The molecule has 0 aromatic heterocycles. The van der Waals surface area contributed by atoms with Crippen LogP contribution in [0.1, 0.15) is 5.56 Å². The lowest BCUT2D eigenvalue weighted by Crippen LogP contribution is -1.99. The molecule has 0 spiro atoms. The lowest BCUT2D eigenvalue weighted by Gasteiger charge is -2.06. The Morgan fingerprint density at radius 3 is 2.68 bits per heavy atom. The number of nitrogens with zero attached hydrogens (tertiary/aromatic N) is 1. The molecule has 3 nitrogen and oxygen atoms in total. The second kappa shape index (κ2) is 5.63. The molecule has 0 fully saturated rings. The monoisotopic (exact) mass is 275 g/mol. The zero-order valence-electron chi connectivity index (χ0n) is 10.1. The molecule has 2 rings (SSSR count). The summed E-state index contributed by atoms with van der Waals surface area (Å²) in [4.78, 5) is 0.622. The number of hydrogen-bond donors (Lipinski definition) is 0. The lowest BCUT2D eigenvalue weighted by atomic mass is 10.2. The van der Waals surface area contributed by atoms with Crippen molar-refractivity contribution < 1.29 is 13.3 Å². The summed E-state index contributed by atoms with van der Waals surface area (Å²) < 4.78 is 30.9. The SMILES string of the molecule is COc1cccc(S(=O)c2cccc(F)c2C#N)c1. The summed E-state index contributed by atoms with van der Waals surface area (Å²) >= 11 is 0. The van der Waals surface area contributed by atoms with Gasteiger partial charge in [0.2, 0.25) is 0 Å². The summed E-state index contributed by atoms with van der Waals surface area (Å²) in [6, 6.07) is 12.5. The molecule has 96 valence electrons. The van der Waals surface area contributed by atoms with Gasteiger partial charge in [-0.15, -0.1) is 0 Å². The van der Waals surface area contributed by atoms with E-state index in [2.05, 4.69) is 0 Å². The topological polar surface area (TPSA) is 50.1 Å². The Morgan fingerprint density at radius 2 is 2.00 bits per heavy atom. The normalized spacial score (nSPS) is 11.6. The second-order valence-corrected chi connectivity index (χ2v) is 5.12. The van der Waals surface area contributed by atoms with Gasteiger partial charge in [0.1, 0.15) is 23.2 Å². The highest BCUT2D eigenvalue weighted by atomic mass is 32.2. The Hall–Kier alpha value is -2.19. The maximum atomic E-state index is 13.5. The largest absolute Gasteiger partial charge is 0.497 e. The third-order valence-corrected chi connectivity index (χ3v) is 3.96. The zero-order valence-corrected chi connectivity index (χ0v) is 10.9. The van der Waals surface area contributed by atoms with Gasteiger partial charge in [-0.25, -0.2) is 8.60 Å². The average molecular weight is 275 g/mol. The molecule has 0 bridgehead atoms. The van der Waals surface area contributed by atoms with E-state index in [1.807, 2.05) is 0 Å². The van der Waals surface area contributed by atoms with Crippen LogP contribution < -0.4 is 4.74 Å². The smallest absolute Gasteiger partial charge is 0.142 e. The van der Waals surface area contributed by atoms with Crippen LogP contribution in [0.25, 0.3) is 0 Å². The number of halogens is 1. The van der Waals surface area contributed by atoms with E-state index in [0.717, 1.165) is 0 Å². The van der Waals surface area contributed by atoms with Crippen molar-refractivity contribution in [1.82, 2.24) is 0 Å². The van der Waals surface area contributed by atoms with E-state index in [-0.39, 0.29) is 10.5 Å². The van der Waals surface area contributed by atoms with Crippen molar-refractivity contribution in [3.8, 4) is 11.8 Å². The van der Waals surface area contributed by atoms with Gasteiger partial charge in [-0.05, 0) is 30.3 Å². The van der Waals surface area contributed by atoms with Crippen LogP contribution in [0.4, 0.5) is 4.39 Å². The van der Waals surface area contributed by atoms with E-state index in [1.165, 1.54) is 25.3 Å². The molecule has 1 atom stereocenters. The number of ether oxygens (including phenoxy) is 1. The molecule has 0 heterocycles. The molecule has 2 aromatic rings. The maximum absolute atomic E-state index is 13.5. The molecule has 2 aromatic carbocycles. The molecule has 19 heavy (non-hydrogen) atoms. The predicted molar refractivity (Wildman–Crippen MR) is 68.8 cm³/mol. The first-order chi connectivity index (χ1) is 9.17. The Balaban J connectivity index is 2.50. The summed E-state index contributed by atoms with van der Waals surface area (Å²) in [6.45, 7) is 0. The lowest BCUT2D eigenvalue weighted by molar-refractivity contribution is 0.413. The van der Waals surface area contributed by atoms with Gasteiger partial charge in [-0.2, -0.15) is 5.26 Å². The maximum Gasteiger partial charge on any atom is 0.142 e. The van der Waals surface area contributed by atoms with E-state index in [4.69, 9.17) is 10.00 Å². The first kappa shape index (κ1) is 13.2. The highest BCUT2D eigenvalue weighted by Gasteiger charge is 2.15. The number of rotatable bonds is 3. The van der Waals surface area contributed by atoms with Gasteiger partial charge in [-0.1, -0.05) is 12.1 Å². The summed E-state index contributed by atoms with van der Waals surface area (Å²) in [5.41, 5.74) is -0.191. The molecule has 0 saturated heterocycles. The first-order valence-corrected chi connectivity index (χ1v) is 6.57. The van der Waals surface area contributed by atoms with E-state index in [1.54, 1.807) is 30.3 Å². The summed E-state index contributed by atoms with van der Waals surface area (Å²) in [5, 5.41) is 8.95. The van der Waals surface area contributed by atoms with Crippen molar-refractivity contribution in [3.05, 3.63) is 53.8 Å². The van der Waals surface area contributed by atoms with Gasteiger partial charge in [0.15, 0.2) is 0 Å². The van der Waals surface area contributed by atoms with Crippen LogP contribution >= 0.6 is 0 Å². The van der Waals surface area contributed by atoms with Gasteiger partial charge >= 0.3 is 0 Å². The van der Waals surface area contributed by atoms with E-state index >= 15 is 0 Å².